The van der Waals surface area contributed by atoms with Crippen molar-refractivity contribution < 1.29 is 0 Å². The van der Waals surface area contributed by atoms with Gasteiger partial charge in [-0.05, 0) is 50.5 Å². The normalized spacial score (nSPS) is 11.2. The Hall–Kier alpha value is -2.36. The van der Waals surface area contributed by atoms with Gasteiger partial charge in [0.05, 0.1) is 5.39 Å². The third kappa shape index (κ3) is 2.07. The molecule has 0 saturated heterocycles. The first-order valence-electron chi connectivity index (χ1n) is 7.24. The second-order valence-electron chi connectivity index (χ2n) is 5.42. The molecule has 3 rings (SSSR count). The van der Waals surface area contributed by atoms with Crippen LogP contribution in [0.5, 0.6) is 0 Å². The Balaban J connectivity index is 2.33. The van der Waals surface area contributed by atoms with Crippen molar-refractivity contribution in [3.63, 3.8) is 0 Å². The molecule has 0 aliphatic carbocycles. The fourth-order valence-electron chi connectivity index (χ4n) is 2.80. The van der Waals surface area contributed by atoms with E-state index >= 15 is 0 Å². The average Bonchev–Trinajstić information content (AvgIpc) is 2.71. The maximum atomic E-state index is 6.10. The molecule has 0 radical (unpaired) electrons. The highest BCUT2D eigenvalue weighted by atomic mass is 15.1. The number of rotatable bonds is 2. The molecule has 0 spiro atoms. The molecule has 0 bridgehead atoms. The Kier molecular flexibility index (Phi) is 3.16. The zero-order chi connectivity index (χ0) is 15.1. The van der Waals surface area contributed by atoms with Crippen LogP contribution < -0.4 is 5.73 Å². The molecule has 0 fully saturated rings. The summed E-state index contributed by atoms with van der Waals surface area (Å²) in [7, 11) is 0. The third-order valence-corrected chi connectivity index (χ3v) is 4.10. The number of hydrogen-bond donors (Lipinski definition) is 1. The Labute approximate surface area is 124 Å². The lowest BCUT2D eigenvalue weighted by Gasteiger charge is -2.09. The topological polar surface area (TPSA) is 56.7 Å². The number of nitrogens with two attached hydrogens (primary N) is 1. The minimum atomic E-state index is 0.557. The summed E-state index contributed by atoms with van der Waals surface area (Å²) < 4.78 is 2.16. The van der Waals surface area contributed by atoms with Gasteiger partial charge in [-0.3, -0.25) is 4.57 Å². The molecule has 108 valence electrons. The summed E-state index contributed by atoms with van der Waals surface area (Å²) >= 11 is 0. The quantitative estimate of drug-likeness (QED) is 0.781. The first-order valence-corrected chi connectivity index (χ1v) is 7.24. The van der Waals surface area contributed by atoms with Crippen LogP contribution in [0.4, 0.5) is 5.82 Å². The lowest BCUT2D eigenvalue weighted by atomic mass is 10.1. The smallest absolute Gasteiger partial charge is 0.150 e. The molecule has 0 atom stereocenters. The second-order valence-corrected chi connectivity index (χ2v) is 5.42. The van der Waals surface area contributed by atoms with Crippen molar-refractivity contribution in [3.05, 3.63) is 46.9 Å². The van der Waals surface area contributed by atoms with Gasteiger partial charge in [-0.15, -0.1) is 0 Å². The average molecular weight is 280 g/mol. The summed E-state index contributed by atoms with van der Waals surface area (Å²) in [6.45, 7) is 8.20. The van der Waals surface area contributed by atoms with Crippen molar-refractivity contribution in [2.45, 2.75) is 34.1 Å². The number of anilines is 1. The van der Waals surface area contributed by atoms with Crippen LogP contribution >= 0.6 is 0 Å². The predicted molar refractivity (Wildman–Crippen MR) is 86.9 cm³/mol. The molecule has 0 unspecified atom stereocenters. The zero-order valence-corrected chi connectivity index (χ0v) is 12.9. The molecule has 4 nitrogen and oxygen atoms in total. The molecule has 0 aliphatic heterocycles. The first-order chi connectivity index (χ1) is 10.0. The number of nitrogens with zero attached hydrogens (tertiary/aromatic N) is 3. The van der Waals surface area contributed by atoms with Crippen molar-refractivity contribution in [2.75, 3.05) is 5.73 Å². The molecular weight excluding hydrogens is 260 g/mol. The third-order valence-electron chi connectivity index (χ3n) is 4.10. The summed E-state index contributed by atoms with van der Waals surface area (Å²) in [4.78, 5) is 8.90. The first kappa shape index (κ1) is 13.6. The lowest BCUT2D eigenvalue weighted by Crippen LogP contribution is -2.01. The second kappa shape index (κ2) is 4.88. The van der Waals surface area contributed by atoms with E-state index in [1.165, 1.54) is 5.56 Å². The van der Waals surface area contributed by atoms with Gasteiger partial charge >= 0.3 is 0 Å². The fraction of sp³-hybridized carbons (Fsp3) is 0.294. The molecule has 0 saturated carbocycles. The van der Waals surface area contributed by atoms with Crippen LogP contribution in [0, 0.1) is 20.8 Å². The maximum absolute atomic E-state index is 6.10. The lowest BCUT2D eigenvalue weighted by molar-refractivity contribution is 0.992. The predicted octanol–water partition coefficient (Wildman–Crippen LogP) is 3.49. The highest BCUT2D eigenvalue weighted by Gasteiger charge is 2.17. The van der Waals surface area contributed by atoms with Gasteiger partial charge in [-0.25, -0.2) is 9.97 Å². The minimum Gasteiger partial charge on any atom is -0.383 e. The van der Waals surface area contributed by atoms with Gasteiger partial charge in [0.2, 0.25) is 0 Å². The molecule has 2 N–H and O–H groups in total. The van der Waals surface area contributed by atoms with Gasteiger partial charge in [0, 0.05) is 11.4 Å². The summed E-state index contributed by atoms with van der Waals surface area (Å²) in [5, 5.41) is 0.956. The van der Waals surface area contributed by atoms with E-state index in [-0.39, 0.29) is 0 Å². The van der Waals surface area contributed by atoms with Crippen LogP contribution in [0.15, 0.2) is 24.3 Å². The number of hydrogen-bond acceptors (Lipinski definition) is 3. The standard InChI is InChI=1S/C17H20N4/c1-5-13-6-8-14(9-7-13)21-11(3)10(2)15-16(18)19-12(4)20-17(15)21/h6-9H,5H2,1-4H3,(H2,18,19,20). The summed E-state index contributed by atoms with van der Waals surface area (Å²) in [5.74, 6) is 1.26. The van der Waals surface area contributed by atoms with Crippen LogP contribution in [0.2, 0.25) is 0 Å². The Morgan fingerprint density at radius 2 is 1.71 bits per heavy atom. The molecule has 21 heavy (non-hydrogen) atoms. The van der Waals surface area contributed by atoms with Gasteiger partial charge < -0.3 is 5.73 Å². The summed E-state index contributed by atoms with van der Waals surface area (Å²) in [6.07, 6.45) is 1.04. The fourth-order valence-corrected chi connectivity index (χ4v) is 2.80. The van der Waals surface area contributed by atoms with Crippen LogP contribution in [0.1, 0.15) is 29.6 Å². The molecule has 4 heteroatoms. The van der Waals surface area contributed by atoms with Crippen molar-refractivity contribution in [3.8, 4) is 5.69 Å². The van der Waals surface area contributed by atoms with Gasteiger partial charge in [-0.1, -0.05) is 19.1 Å². The van der Waals surface area contributed by atoms with E-state index in [1.54, 1.807) is 0 Å². The summed E-state index contributed by atoms with van der Waals surface area (Å²) in [6, 6.07) is 8.59. The van der Waals surface area contributed by atoms with Gasteiger partial charge in [-0.2, -0.15) is 0 Å². The van der Waals surface area contributed by atoms with E-state index in [0.717, 1.165) is 34.4 Å². The Bertz CT molecular complexity index is 813. The number of aromatic nitrogens is 3. The number of fused-ring (bicyclic) bond motifs is 1. The van der Waals surface area contributed by atoms with Crippen molar-refractivity contribution in [1.82, 2.24) is 14.5 Å². The highest BCUT2D eigenvalue weighted by molar-refractivity contribution is 5.92. The van der Waals surface area contributed by atoms with E-state index in [1.807, 2.05) is 6.92 Å². The van der Waals surface area contributed by atoms with Crippen LogP contribution in [-0.4, -0.2) is 14.5 Å². The Morgan fingerprint density at radius 3 is 2.33 bits per heavy atom. The molecule has 2 aromatic heterocycles. The number of benzene rings is 1. The molecule has 1 aromatic carbocycles. The molecule has 0 amide bonds. The molecule has 0 aliphatic rings. The van der Waals surface area contributed by atoms with Crippen LogP contribution in [0.25, 0.3) is 16.7 Å². The van der Waals surface area contributed by atoms with Crippen molar-refractivity contribution in [1.29, 1.82) is 0 Å². The highest BCUT2D eigenvalue weighted by Crippen LogP contribution is 2.30. The minimum absolute atomic E-state index is 0.557. The van der Waals surface area contributed by atoms with E-state index in [0.29, 0.717) is 11.6 Å². The maximum Gasteiger partial charge on any atom is 0.150 e. The Morgan fingerprint density at radius 1 is 1.05 bits per heavy atom. The van der Waals surface area contributed by atoms with Crippen LogP contribution in [-0.2, 0) is 6.42 Å². The van der Waals surface area contributed by atoms with Crippen LogP contribution in [0.3, 0.4) is 0 Å². The van der Waals surface area contributed by atoms with E-state index in [9.17, 15) is 0 Å². The largest absolute Gasteiger partial charge is 0.383 e. The van der Waals surface area contributed by atoms with E-state index < -0.39 is 0 Å². The number of nitrogen functional groups attached to an aromatic ring is 1. The summed E-state index contributed by atoms with van der Waals surface area (Å²) in [5.41, 5.74) is 11.7. The zero-order valence-electron chi connectivity index (χ0n) is 12.9. The molecule has 2 heterocycles. The SMILES string of the molecule is CCc1ccc(-n2c(C)c(C)c3c(N)nc(C)nc32)cc1. The molecular formula is C17H20N4. The van der Waals surface area contributed by atoms with Crippen molar-refractivity contribution in [2.24, 2.45) is 0 Å². The van der Waals surface area contributed by atoms with Gasteiger partial charge in [0.1, 0.15) is 11.6 Å². The van der Waals surface area contributed by atoms with E-state index in [2.05, 4.69) is 59.6 Å². The van der Waals surface area contributed by atoms with Gasteiger partial charge in [0.15, 0.2) is 5.65 Å². The monoisotopic (exact) mass is 280 g/mol. The number of aryl methyl sites for hydroxylation is 3. The van der Waals surface area contributed by atoms with Crippen molar-refractivity contribution >= 4 is 16.9 Å². The van der Waals surface area contributed by atoms with E-state index in [4.69, 9.17) is 5.73 Å². The van der Waals surface area contributed by atoms with Gasteiger partial charge in [0.25, 0.3) is 0 Å². The molecule has 3 aromatic rings.